The molecule has 0 spiro atoms. The molecule has 3 atom stereocenters. The second kappa shape index (κ2) is 7.07. The van der Waals surface area contributed by atoms with Crippen LogP contribution in [0.1, 0.15) is 23.2 Å². The van der Waals surface area contributed by atoms with Gasteiger partial charge < -0.3 is 15.2 Å². The topological polar surface area (TPSA) is 74.7 Å². The first-order valence-corrected chi connectivity index (χ1v) is 8.85. The second-order valence-corrected chi connectivity index (χ2v) is 6.86. The van der Waals surface area contributed by atoms with Gasteiger partial charge in [0.2, 0.25) is 0 Å². The Bertz CT molecular complexity index is 761. The molecule has 0 aliphatic carbocycles. The lowest BCUT2D eigenvalue weighted by Gasteiger charge is -2.34. The Kier molecular flexibility index (Phi) is 4.65. The van der Waals surface area contributed by atoms with Crippen LogP contribution in [0.15, 0.2) is 36.5 Å². The normalized spacial score (nSPS) is 26.5. The molecule has 3 heterocycles. The summed E-state index contributed by atoms with van der Waals surface area (Å²) in [5, 5.41) is 13.1. The average molecular weight is 341 g/mol. The second-order valence-electron chi connectivity index (χ2n) is 6.86. The van der Waals surface area contributed by atoms with E-state index in [1.807, 2.05) is 30.3 Å². The number of aliphatic hydroxyl groups is 1. The summed E-state index contributed by atoms with van der Waals surface area (Å²) in [6.45, 7) is 2.49. The van der Waals surface area contributed by atoms with E-state index in [1.54, 1.807) is 6.20 Å². The summed E-state index contributed by atoms with van der Waals surface area (Å²) >= 11 is 0. The Morgan fingerprint density at radius 3 is 3.12 bits per heavy atom. The summed E-state index contributed by atoms with van der Waals surface area (Å²) in [5.41, 5.74) is 1.50. The van der Waals surface area contributed by atoms with Gasteiger partial charge in [-0.1, -0.05) is 12.1 Å². The van der Waals surface area contributed by atoms with E-state index in [2.05, 4.69) is 15.2 Å². The zero-order valence-corrected chi connectivity index (χ0v) is 14.1. The van der Waals surface area contributed by atoms with Crippen LogP contribution in [0.2, 0.25) is 0 Å². The maximum absolute atomic E-state index is 12.8. The molecular weight excluding hydrogens is 318 g/mol. The molecule has 2 aliphatic heterocycles. The quantitative estimate of drug-likeness (QED) is 0.874. The number of morpholine rings is 1. The lowest BCUT2D eigenvalue weighted by Crippen LogP contribution is -2.46. The highest BCUT2D eigenvalue weighted by atomic mass is 16.5. The minimum atomic E-state index is -0.0451. The minimum Gasteiger partial charge on any atom is -0.396 e. The standard InChI is InChI=1S/C19H23N3O3/c23-8-6-15-11-22-10-13(9-14(22)12-25-15)21-19(24)17-3-1-5-18-16(17)4-2-7-20-18/h1-5,7,13-15,23H,6,8-12H2,(H,21,24)/t13-,14+,15+/m1/s1. The largest absolute Gasteiger partial charge is 0.396 e. The molecule has 0 saturated carbocycles. The average Bonchev–Trinajstić information content (AvgIpc) is 3.03. The predicted molar refractivity (Wildman–Crippen MR) is 94.4 cm³/mol. The van der Waals surface area contributed by atoms with Gasteiger partial charge in [-0.3, -0.25) is 14.7 Å². The highest BCUT2D eigenvalue weighted by Gasteiger charge is 2.37. The number of amides is 1. The number of fused-ring (bicyclic) bond motifs is 2. The fourth-order valence-electron chi connectivity index (χ4n) is 3.93. The third kappa shape index (κ3) is 3.38. The predicted octanol–water partition coefficient (Wildman–Crippen LogP) is 1.19. The lowest BCUT2D eigenvalue weighted by molar-refractivity contribution is -0.0566. The Morgan fingerprint density at radius 1 is 1.32 bits per heavy atom. The van der Waals surface area contributed by atoms with E-state index in [0.717, 1.165) is 30.4 Å². The molecule has 4 rings (SSSR count). The van der Waals surface area contributed by atoms with E-state index < -0.39 is 0 Å². The van der Waals surface area contributed by atoms with Crippen molar-refractivity contribution >= 4 is 16.8 Å². The van der Waals surface area contributed by atoms with E-state index in [1.165, 1.54) is 0 Å². The number of nitrogens with zero attached hydrogens (tertiary/aromatic N) is 2. The lowest BCUT2D eigenvalue weighted by atomic mass is 10.1. The van der Waals surface area contributed by atoms with E-state index in [0.29, 0.717) is 24.6 Å². The Labute approximate surface area is 146 Å². The molecule has 6 nitrogen and oxygen atoms in total. The van der Waals surface area contributed by atoms with Crippen molar-refractivity contribution in [3.8, 4) is 0 Å². The number of hydrogen-bond acceptors (Lipinski definition) is 5. The summed E-state index contributed by atoms with van der Waals surface area (Å²) in [4.78, 5) is 19.5. The van der Waals surface area contributed by atoms with Gasteiger partial charge in [-0.2, -0.15) is 0 Å². The van der Waals surface area contributed by atoms with Crippen LogP contribution >= 0.6 is 0 Å². The van der Waals surface area contributed by atoms with Crippen LogP contribution in [0.4, 0.5) is 0 Å². The molecule has 132 valence electrons. The number of pyridine rings is 1. The molecule has 2 aliphatic rings. The number of rotatable bonds is 4. The number of nitrogens with one attached hydrogen (secondary N) is 1. The van der Waals surface area contributed by atoms with Gasteiger partial charge in [0, 0.05) is 48.9 Å². The van der Waals surface area contributed by atoms with Crippen LogP contribution in [0.3, 0.4) is 0 Å². The molecule has 2 N–H and O–H groups in total. The van der Waals surface area contributed by atoms with Crippen molar-refractivity contribution < 1.29 is 14.6 Å². The SMILES string of the molecule is O=C(N[C@@H]1C[C@H]2CO[C@@H](CCO)CN2C1)c1cccc2ncccc12. The molecule has 0 radical (unpaired) electrons. The maximum atomic E-state index is 12.8. The molecule has 2 saturated heterocycles. The molecule has 1 aromatic carbocycles. The number of aliphatic hydroxyl groups excluding tert-OH is 1. The summed E-state index contributed by atoms with van der Waals surface area (Å²) < 4.78 is 5.81. The molecule has 25 heavy (non-hydrogen) atoms. The van der Waals surface area contributed by atoms with Crippen LogP contribution < -0.4 is 5.32 Å². The van der Waals surface area contributed by atoms with Crippen molar-refractivity contribution in [1.29, 1.82) is 0 Å². The molecule has 2 aromatic rings. The van der Waals surface area contributed by atoms with E-state index in [-0.39, 0.29) is 24.7 Å². The van der Waals surface area contributed by atoms with Gasteiger partial charge in [0.25, 0.3) is 5.91 Å². The molecule has 1 aromatic heterocycles. The number of hydrogen-bond donors (Lipinski definition) is 2. The smallest absolute Gasteiger partial charge is 0.252 e. The summed E-state index contributed by atoms with van der Waals surface area (Å²) in [6, 6.07) is 9.91. The molecule has 6 heteroatoms. The van der Waals surface area contributed by atoms with Crippen molar-refractivity contribution in [3.05, 3.63) is 42.1 Å². The maximum Gasteiger partial charge on any atom is 0.252 e. The van der Waals surface area contributed by atoms with Crippen molar-refractivity contribution in [2.24, 2.45) is 0 Å². The van der Waals surface area contributed by atoms with Crippen LogP contribution in [0.5, 0.6) is 0 Å². The molecular formula is C19H23N3O3. The van der Waals surface area contributed by atoms with E-state index in [4.69, 9.17) is 9.84 Å². The molecule has 1 amide bonds. The highest BCUT2D eigenvalue weighted by molar-refractivity contribution is 6.06. The molecule has 0 bridgehead atoms. The van der Waals surface area contributed by atoms with Gasteiger partial charge in [0.1, 0.15) is 0 Å². The number of ether oxygens (including phenoxy) is 1. The zero-order valence-electron chi connectivity index (χ0n) is 14.1. The number of benzene rings is 1. The van der Waals surface area contributed by atoms with Crippen molar-refractivity contribution in [2.75, 3.05) is 26.3 Å². The molecule has 2 fully saturated rings. The Balaban J connectivity index is 1.43. The fourth-order valence-corrected chi connectivity index (χ4v) is 3.93. The van der Waals surface area contributed by atoms with Gasteiger partial charge in [-0.05, 0) is 31.0 Å². The van der Waals surface area contributed by atoms with Crippen molar-refractivity contribution in [3.63, 3.8) is 0 Å². The summed E-state index contributed by atoms with van der Waals surface area (Å²) in [5.74, 6) is -0.0451. The van der Waals surface area contributed by atoms with Crippen molar-refractivity contribution in [1.82, 2.24) is 15.2 Å². The van der Waals surface area contributed by atoms with Gasteiger partial charge >= 0.3 is 0 Å². The third-order valence-corrected chi connectivity index (χ3v) is 5.17. The van der Waals surface area contributed by atoms with Gasteiger partial charge in [-0.25, -0.2) is 0 Å². The van der Waals surface area contributed by atoms with Gasteiger partial charge in [0.15, 0.2) is 0 Å². The number of carbonyl (C=O) groups is 1. The minimum absolute atomic E-state index is 0.0451. The first kappa shape index (κ1) is 16.4. The first-order chi connectivity index (χ1) is 12.2. The van der Waals surface area contributed by atoms with Crippen LogP contribution in [-0.2, 0) is 4.74 Å². The first-order valence-electron chi connectivity index (χ1n) is 8.85. The summed E-state index contributed by atoms with van der Waals surface area (Å²) in [6.07, 6.45) is 3.41. The van der Waals surface area contributed by atoms with E-state index >= 15 is 0 Å². The monoisotopic (exact) mass is 341 g/mol. The van der Waals surface area contributed by atoms with Gasteiger partial charge in [0.05, 0.1) is 18.2 Å². The number of aromatic nitrogens is 1. The van der Waals surface area contributed by atoms with Crippen LogP contribution in [-0.4, -0.2) is 65.4 Å². The van der Waals surface area contributed by atoms with E-state index in [9.17, 15) is 4.79 Å². The highest BCUT2D eigenvalue weighted by Crippen LogP contribution is 2.25. The van der Waals surface area contributed by atoms with Crippen LogP contribution in [0, 0.1) is 0 Å². The fraction of sp³-hybridized carbons (Fsp3) is 0.474. The summed E-state index contributed by atoms with van der Waals surface area (Å²) in [7, 11) is 0. The van der Waals surface area contributed by atoms with Crippen LogP contribution in [0.25, 0.3) is 10.9 Å². The Morgan fingerprint density at radius 2 is 2.24 bits per heavy atom. The zero-order chi connectivity index (χ0) is 17.2. The third-order valence-electron chi connectivity index (χ3n) is 5.17. The Hall–Kier alpha value is -2.02. The number of carbonyl (C=O) groups excluding carboxylic acids is 1. The van der Waals surface area contributed by atoms with Crippen molar-refractivity contribution in [2.45, 2.75) is 31.0 Å². The van der Waals surface area contributed by atoms with Gasteiger partial charge in [-0.15, -0.1) is 0 Å². The molecule has 0 unspecified atom stereocenters.